The molecule has 1 aliphatic rings. The molecular formula is C12H24N2O2. The Balaban J connectivity index is 2.38. The van der Waals surface area contributed by atoms with E-state index in [2.05, 4.69) is 19.2 Å². The summed E-state index contributed by atoms with van der Waals surface area (Å²) in [4.78, 5) is 11.8. The van der Waals surface area contributed by atoms with E-state index in [4.69, 9.17) is 10.5 Å². The molecule has 3 atom stereocenters. The first kappa shape index (κ1) is 13.5. The van der Waals surface area contributed by atoms with E-state index in [9.17, 15) is 4.79 Å². The third kappa shape index (κ3) is 3.76. The maximum atomic E-state index is 11.8. The lowest BCUT2D eigenvalue weighted by Crippen LogP contribution is -2.48. The fourth-order valence-electron chi connectivity index (χ4n) is 2.28. The summed E-state index contributed by atoms with van der Waals surface area (Å²) in [6.07, 6.45) is 4.04. The molecule has 0 bridgehead atoms. The molecule has 1 fully saturated rings. The highest BCUT2D eigenvalue weighted by Gasteiger charge is 2.29. The summed E-state index contributed by atoms with van der Waals surface area (Å²) in [6, 6.07) is -0.242. The van der Waals surface area contributed by atoms with Gasteiger partial charge in [0.15, 0.2) is 0 Å². The van der Waals surface area contributed by atoms with Crippen LogP contribution in [0.5, 0.6) is 0 Å². The third-order valence-corrected chi connectivity index (χ3v) is 3.15. The average Bonchev–Trinajstić information content (AvgIpc) is 2.64. The molecule has 0 aromatic heterocycles. The van der Waals surface area contributed by atoms with Crippen LogP contribution in [0, 0.1) is 5.92 Å². The monoisotopic (exact) mass is 228 g/mol. The molecule has 0 radical (unpaired) electrons. The smallest absolute Gasteiger partial charge is 0.237 e. The van der Waals surface area contributed by atoms with Crippen LogP contribution in [0.1, 0.15) is 39.5 Å². The predicted molar refractivity (Wildman–Crippen MR) is 64.0 cm³/mol. The first-order chi connectivity index (χ1) is 7.54. The summed E-state index contributed by atoms with van der Waals surface area (Å²) in [5.74, 6) is 0.408. The highest BCUT2D eigenvalue weighted by molar-refractivity contribution is 5.81. The van der Waals surface area contributed by atoms with Gasteiger partial charge in [0.2, 0.25) is 5.91 Å². The van der Waals surface area contributed by atoms with Gasteiger partial charge in [0, 0.05) is 7.11 Å². The van der Waals surface area contributed by atoms with Gasteiger partial charge in [-0.15, -0.1) is 0 Å². The van der Waals surface area contributed by atoms with Crippen molar-refractivity contribution in [2.45, 2.75) is 57.7 Å². The molecule has 4 nitrogen and oxygen atoms in total. The van der Waals surface area contributed by atoms with Gasteiger partial charge in [-0.25, -0.2) is 0 Å². The van der Waals surface area contributed by atoms with E-state index >= 15 is 0 Å². The number of carbonyl (C=O) groups is 1. The zero-order valence-electron chi connectivity index (χ0n) is 10.5. The van der Waals surface area contributed by atoms with Crippen molar-refractivity contribution in [2.24, 2.45) is 11.7 Å². The highest BCUT2D eigenvalue weighted by Crippen LogP contribution is 2.21. The van der Waals surface area contributed by atoms with Gasteiger partial charge in [0.05, 0.1) is 18.2 Å². The highest BCUT2D eigenvalue weighted by atomic mass is 16.5. The summed E-state index contributed by atoms with van der Waals surface area (Å²) in [7, 11) is 1.70. The standard InChI is InChI=1S/C12H24N2O2/c1-8(2)7-9(13)12(15)14-10-5-4-6-11(10)16-3/h8-11H,4-7,13H2,1-3H3,(H,14,15)/t9-,10?,11?/m0/s1. The lowest BCUT2D eigenvalue weighted by atomic mass is 10.0. The Morgan fingerprint density at radius 1 is 1.50 bits per heavy atom. The molecule has 0 aromatic carbocycles. The number of nitrogens with one attached hydrogen (secondary N) is 1. The molecule has 0 spiro atoms. The van der Waals surface area contributed by atoms with Gasteiger partial charge in [-0.05, 0) is 31.6 Å². The lowest BCUT2D eigenvalue weighted by molar-refractivity contribution is -0.124. The Morgan fingerprint density at radius 2 is 2.19 bits per heavy atom. The second-order valence-corrected chi connectivity index (χ2v) is 5.06. The summed E-state index contributed by atoms with van der Waals surface area (Å²) in [5.41, 5.74) is 5.83. The van der Waals surface area contributed by atoms with Crippen molar-refractivity contribution in [3.05, 3.63) is 0 Å². The van der Waals surface area contributed by atoms with Crippen LogP contribution in [0.25, 0.3) is 0 Å². The lowest BCUT2D eigenvalue weighted by Gasteiger charge is -2.22. The molecule has 4 heteroatoms. The van der Waals surface area contributed by atoms with Crippen LogP contribution in [-0.4, -0.2) is 31.2 Å². The number of ether oxygens (including phenoxy) is 1. The SMILES string of the molecule is COC1CCCC1NC(=O)[C@@H](N)CC(C)C. The molecule has 0 aliphatic heterocycles. The second kappa shape index (κ2) is 6.21. The van der Waals surface area contributed by atoms with E-state index < -0.39 is 6.04 Å². The molecular weight excluding hydrogens is 204 g/mol. The van der Waals surface area contributed by atoms with Crippen LogP contribution < -0.4 is 11.1 Å². The minimum absolute atomic E-state index is 0.0392. The van der Waals surface area contributed by atoms with E-state index in [0.29, 0.717) is 5.92 Å². The Kier molecular flexibility index (Phi) is 5.22. The largest absolute Gasteiger partial charge is 0.379 e. The minimum atomic E-state index is -0.391. The second-order valence-electron chi connectivity index (χ2n) is 5.06. The van der Waals surface area contributed by atoms with Crippen molar-refractivity contribution < 1.29 is 9.53 Å². The topological polar surface area (TPSA) is 64.3 Å². The minimum Gasteiger partial charge on any atom is -0.379 e. The summed E-state index contributed by atoms with van der Waals surface area (Å²) >= 11 is 0. The van der Waals surface area contributed by atoms with Crippen molar-refractivity contribution in [2.75, 3.05) is 7.11 Å². The van der Waals surface area contributed by atoms with Crippen molar-refractivity contribution in [1.29, 1.82) is 0 Å². The molecule has 1 rings (SSSR count). The number of hydrogen-bond acceptors (Lipinski definition) is 3. The van der Waals surface area contributed by atoms with E-state index in [1.807, 2.05) is 0 Å². The van der Waals surface area contributed by atoms with Gasteiger partial charge in [0.25, 0.3) is 0 Å². The van der Waals surface area contributed by atoms with E-state index in [1.165, 1.54) is 0 Å². The van der Waals surface area contributed by atoms with Crippen LogP contribution in [0.2, 0.25) is 0 Å². The van der Waals surface area contributed by atoms with Crippen molar-refractivity contribution >= 4 is 5.91 Å². The van der Waals surface area contributed by atoms with Crippen molar-refractivity contribution in [3.8, 4) is 0 Å². The zero-order chi connectivity index (χ0) is 12.1. The first-order valence-electron chi connectivity index (χ1n) is 6.13. The fourth-order valence-corrected chi connectivity index (χ4v) is 2.28. The van der Waals surface area contributed by atoms with E-state index in [-0.39, 0.29) is 18.1 Å². The van der Waals surface area contributed by atoms with Crippen LogP contribution in [-0.2, 0) is 9.53 Å². The number of amides is 1. The molecule has 1 saturated carbocycles. The van der Waals surface area contributed by atoms with Gasteiger partial charge >= 0.3 is 0 Å². The van der Waals surface area contributed by atoms with Gasteiger partial charge in [0.1, 0.15) is 0 Å². The average molecular weight is 228 g/mol. The molecule has 0 heterocycles. The molecule has 1 aliphatic carbocycles. The number of carbonyl (C=O) groups excluding carboxylic acids is 1. The number of nitrogens with two attached hydrogens (primary N) is 1. The van der Waals surface area contributed by atoms with Crippen LogP contribution in [0.3, 0.4) is 0 Å². The molecule has 16 heavy (non-hydrogen) atoms. The van der Waals surface area contributed by atoms with Crippen LogP contribution >= 0.6 is 0 Å². The van der Waals surface area contributed by atoms with Gasteiger partial charge < -0.3 is 15.8 Å². The van der Waals surface area contributed by atoms with Gasteiger partial charge in [-0.2, -0.15) is 0 Å². The zero-order valence-corrected chi connectivity index (χ0v) is 10.5. The quantitative estimate of drug-likeness (QED) is 0.739. The maximum absolute atomic E-state index is 11.8. The maximum Gasteiger partial charge on any atom is 0.237 e. The fraction of sp³-hybridized carbons (Fsp3) is 0.917. The molecule has 1 amide bonds. The summed E-state index contributed by atoms with van der Waals surface area (Å²) in [5, 5.41) is 3.00. The summed E-state index contributed by atoms with van der Waals surface area (Å²) < 4.78 is 5.33. The number of rotatable bonds is 5. The first-order valence-corrected chi connectivity index (χ1v) is 6.13. The van der Waals surface area contributed by atoms with E-state index in [1.54, 1.807) is 7.11 Å². The van der Waals surface area contributed by atoms with Gasteiger partial charge in [-0.3, -0.25) is 4.79 Å². The van der Waals surface area contributed by atoms with E-state index in [0.717, 1.165) is 25.7 Å². The number of hydrogen-bond donors (Lipinski definition) is 2. The van der Waals surface area contributed by atoms with Crippen molar-refractivity contribution in [1.82, 2.24) is 5.32 Å². The molecule has 3 N–H and O–H groups in total. The molecule has 94 valence electrons. The Morgan fingerprint density at radius 3 is 2.75 bits per heavy atom. The van der Waals surface area contributed by atoms with Crippen molar-refractivity contribution in [3.63, 3.8) is 0 Å². The Hall–Kier alpha value is -0.610. The molecule has 0 saturated heterocycles. The third-order valence-electron chi connectivity index (χ3n) is 3.15. The predicted octanol–water partition coefficient (Wildman–Crippen LogP) is 1.04. The molecule has 0 aromatic rings. The van der Waals surface area contributed by atoms with Gasteiger partial charge in [-0.1, -0.05) is 13.8 Å². The normalized spacial score (nSPS) is 27.1. The summed E-state index contributed by atoms with van der Waals surface area (Å²) in [6.45, 7) is 4.14. The van der Waals surface area contributed by atoms with Crippen LogP contribution in [0.15, 0.2) is 0 Å². The number of methoxy groups -OCH3 is 1. The molecule has 2 unspecified atom stereocenters. The van der Waals surface area contributed by atoms with Crippen LogP contribution in [0.4, 0.5) is 0 Å². The Labute approximate surface area is 97.9 Å². The Bertz CT molecular complexity index is 231.